The molecule has 77 valence electrons. The van der Waals surface area contributed by atoms with Crippen LogP contribution in [-0.2, 0) is 11.5 Å². The van der Waals surface area contributed by atoms with E-state index in [0.717, 1.165) is 34.6 Å². The molecule has 0 fully saturated rings. The zero-order valence-electron chi connectivity index (χ0n) is 7.93. The zero-order valence-corrected chi connectivity index (χ0v) is 11.1. The molecule has 0 bridgehead atoms. The second-order valence-corrected chi connectivity index (χ2v) is 5.12. The van der Waals surface area contributed by atoms with E-state index in [1.165, 1.54) is 5.56 Å². The summed E-state index contributed by atoms with van der Waals surface area (Å²) in [7, 11) is 0. The van der Waals surface area contributed by atoms with E-state index in [9.17, 15) is 5.11 Å². The molecule has 3 heteroatoms. The summed E-state index contributed by atoms with van der Waals surface area (Å²) in [5, 5.41) is 10.2. The van der Waals surface area contributed by atoms with Crippen LogP contribution in [0.4, 0.5) is 0 Å². The topological polar surface area (TPSA) is 19.9 Å². The van der Waals surface area contributed by atoms with Crippen LogP contribution >= 0.6 is 31.9 Å². The third-order valence-electron chi connectivity index (χ3n) is 2.03. The molecule has 1 nitrogen and oxygen atoms in total. The van der Waals surface area contributed by atoms with Crippen molar-refractivity contribution in [1.29, 1.82) is 0 Å². The Kier molecular flexibility index (Phi) is 5.75. The number of hydrogen-bond acceptors (Lipinski definition) is 0. The minimum Gasteiger partial charge on any atom is -0.237 e. The Balaban J connectivity index is 2.42. The van der Waals surface area contributed by atoms with E-state index in [0.29, 0.717) is 0 Å². The van der Waals surface area contributed by atoms with Gasteiger partial charge in [-0.1, -0.05) is 38.3 Å². The van der Waals surface area contributed by atoms with Crippen molar-refractivity contribution in [2.75, 3.05) is 6.61 Å². The average Bonchev–Trinajstić information content (AvgIpc) is 2.11. The van der Waals surface area contributed by atoms with Crippen LogP contribution in [0.1, 0.15) is 24.8 Å². The number of rotatable bonds is 5. The second-order valence-electron chi connectivity index (χ2n) is 3.29. The van der Waals surface area contributed by atoms with Crippen molar-refractivity contribution in [2.24, 2.45) is 0 Å². The van der Waals surface area contributed by atoms with Gasteiger partial charge in [0.25, 0.3) is 0 Å². The summed E-state index contributed by atoms with van der Waals surface area (Å²) in [6.45, 7) is 0.0577. The lowest BCUT2D eigenvalue weighted by Crippen LogP contribution is -1.88. The van der Waals surface area contributed by atoms with Crippen molar-refractivity contribution >= 4 is 31.9 Å². The van der Waals surface area contributed by atoms with Gasteiger partial charge in [0.1, 0.15) is 0 Å². The molecule has 1 radical (unpaired) electrons. The number of aryl methyl sites for hydroxylation is 1. The summed E-state index contributed by atoms with van der Waals surface area (Å²) in [5.74, 6) is 0. The summed E-state index contributed by atoms with van der Waals surface area (Å²) in [6, 6.07) is 6.28. The molecule has 14 heavy (non-hydrogen) atoms. The standard InChI is InChI=1S/C11H13Br2O/c12-10-6-9(7-11(13)8-10)4-2-1-3-5-14/h6-8H,1-5H2. The maximum Gasteiger partial charge on any atom is 0.0822 e. The van der Waals surface area contributed by atoms with Crippen LogP contribution < -0.4 is 0 Å². The molecule has 0 saturated carbocycles. The zero-order chi connectivity index (χ0) is 10.4. The number of halogens is 2. The number of unbranched alkanes of at least 4 members (excludes halogenated alkanes) is 2. The fourth-order valence-electron chi connectivity index (χ4n) is 1.36. The highest BCUT2D eigenvalue weighted by molar-refractivity contribution is 9.11. The normalized spacial score (nSPS) is 10.5. The Labute approximate surface area is 102 Å². The van der Waals surface area contributed by atoms with Crippen LogP contribution in [0.25, 0.3) is 0 Å². The molecule has 0 N–H and O–H groups in total. The molecule has 0 amide bonds. The van der Waals surface area contributed by atoms with Crippen LogP contribution in [-0.4, -0.2) is 6.61 Å². The van der Waals surface area contributed by atoms with Crippen LogP contribution in [0.5, 0.6) is 0 Å². The van der Waals surface area contributed by atoms with Crippen molar-refractivity contribution in [2.45, 2.75) is 25.7 Å². The third kappa shape index (κ3) is 4.58. The molecule has 1 aromatic carbocycles. The molecular weight excluding hydrogens is 308 g/mol. The first kappa shape index (κ1) is 12.2. The van der Waals surface area contributed by atoms with Gasteiger partial charge in [-0.2, -0.15) is 0 Å². The highest BCUT2D eigenvalue weighted by Crippen LogP contribution is 2.21. The van der Waals surface area contributed by atoms with Gasteiger partial charge in [-0.25, -0.2) is 5.11 Å². The Morgan fingerprint density at radius 2 is 1.57 bits per heavy atom. The maximum absolute atomic E-state index is 10.2. The minimum absolute atomic E-state index is 0.0577. The van der Waals surface area contributed by atoms with Gasteiger partial charge in [0, 0.05) is 8.95 Å². The first-order chi connectivity index (χ1) is 6.72. The molecule has 1 rings (SSSR count). The van der Waals surface area contributed by atoms with Gasteiger partial charge in [-0.3, -0.25) is 0 Å². The molecule has 1 aromatic rings. The quantitative estimate of drug-likeness (QED) is 0.719. The molecule has 0 spiro atoms. The van der Waals surface area contributed by atoms with Crippen molar-refractivity contribution < 1.29 is 5.11 Å². The summed E-state index contributed by atoms with van der Waals surface area (Å²) < 4.78 is 2.20. The van der Waals surface area contributed by atoms with Gasteiger partial charge in [0.2, 0.25) is 0 Å². The molecule has 0 unspecified atom stereocenters. The fourth-order valence-corrected chi connectivity index (χ4v) is 2.75. The Morgan fingerprint density at radius 1 is 0.929 bits per heavy atom. The van der Waals surface area contributed by atoms with Crippen LogP contribution in [0.15, 0.2) is 27.1 Å². The molecule has 0 atom stereocenters. The van der Waals surface area contributed by atoms with Gasteiger partial charge in [0.05, 0.1) is 6.61 Å². The molecule has 0 aliphatic heterocycles. The van der Waals surface area contributed by atoms with Crippen LogP contribution in [0, 0.1) is 0 Å². The summed E-state index contributed by atoms with van der Waals surface area (Å²) >= 11 is 6.91. The summed E-state index contributed by atoms with van der Waals surface area (Å²) in [5.41, 5.74) is 1.32. The first-order valence-corrected chi connectivity index (χ1v) is 6.34. The highest BCUT2D eigenvalue weighted by atomic mass is 79.9. The third-order valence-corrected chi connectivity index (χ3v) is 2.95. The first-order valence-electron chi connectivity index (χ1n) is 4.75. The summed E-state index contributed by atoms with van der Waals surface area (Å²) in [6.07, 6.45) is 3.99. The second kappa shape index (κ2) is 6.59. The molecular formula is C11H13Br2O. The maximum atomic E-state index is 10.2. The van der Waals surface area contributed by atoms with E-state index in [1.807, 2.05) is 6.07 Å². The van der Waals surface area contributed by atoms with E-state index in [4.69, 9.17) is 0 Å². The van der Waals surface area contributed by atoms with E-state index in [-0.39, 0.29) is 6.61 Å². The van der Waals surface area contributed by atoms with Crippen molar-refractivity contribution in [3.63, 3.8) is 0 Å². The van der Waals surface area contributed by atoms with Gasteiger partial charge in [-0.15, -0.1) is 0 Å². The van der Waals surface area contributed by atoms with E-state index in [1.54, 1.807) is 0 Å². The minimum atomic E-state index is 0.0577. The van der Waals surface area contributed by atoms with Crippen LogP contribution in [0.3, 0.4) is 0 Å². The van der Waals surface area contributed by atoms with Crippen molar-refractivity contribution in [1.82, 2.24) is 0 Å². The number of benzene rings is 1. The monoisotopic (exact) mass is 319 g/mol. The van der Waals surface area contributed by atoms with E-state index in [2.05, 4.69) is 44.0 Å². The van der Waals surface area contributed by atoms with E-state index < -0.39 is 0 Å². The molecule has 0 saturated heterocycles. The smallest absolute Gasteiger partial charge is 0.0822 e. The molecule has 0 aliphatic rings. The Hall–Kier alpha value is 0.140. The SMILES string of the molecule is [O]CCCCCc1cc(Br)cc(Br)c1. The predicted octanol–water partition coefficient (Wildman–Crippen LogP) is 4.35. The van der Waals surface area contributed by atoms with Gasteiger partial charge in [0.15, 0.2) is 0 Å². The molecule has 0 aromatic heterocycles. The number of hydrogen-bond donors (Lipinski definition) is 0. The highest BCUT2D eigenvalue weighted by Gasteiger charge is 1.97. The Morgan fingerprint density at radius 3 is 2.14 bits per heavy atom. The molecule has 0 heterocycles. The average molecular weight is 321 g/mol. The van der Waals surface area contributed by atoms with Gasteiger partial charge in [-0.05, 0) is 43.0 Å². The Bertz CT molecular complexity index is 266. The molecule has 0 aliphatic carbocycles. The lowest BCUT2D eigenvalue weighted by Gasteiger charge is -2.02. The van der Waals surface area contributed by atoms with Crippen LogP contribution in [0.2, 0.25) is 0 Å². The van der Waals surface area contributed by atoms with Gasteiger partial charge < -0.3 is 0 Å². The predicted molar refractivity (Wildman–Crippen MR) is 65.0 cm³/mol. The largest absolute Gasteiger partial charge is 0.237 e. The summed E-state index contributed by atoms with van der Waals surface area (Å²) in [4.78, 5) is 0. The lowest BCUT2D eigenvalue weighted by atomic mass is 10.1. The van der Waals surface area contributed by atoms with Gasteiger partial charge >= 0.3 is 0 Å². The van der Waals surface area contributed by atoms with Crippen molar-refractivity contribution in [3.05, 3.63) is 32.7 Å². The lowest BCUT2D eigenvalue weighted by molar-refractivity contribution is 0.186. The van der Waals surface area contributed by atoms with Crippen molar-refractivity contribution in [3.8, 4) is 0 Å². The fraction of sp³-hybridized carbons (Fsp3) is 0.455. The van der Waals surface area contributed by atoms with E-state index >= 15 is 0 Å².